The summed E-state index contributed by atoms with van der Waals surface area (Å²) >= 11 is 0. The number of fused-ring (bicyclic) bond motifs is 1. The Morgan fingerprint density at radius 1 is 1.09 bits per heavy atom. The van der Waals surface area contributed by atoms with Gasteiger partial charge in [-0.05, 0) is 29.8 Å². The lowest BCUT2D eigenvalue weighted by Crippen LogP contribution is -2.50. The van der Waals surface area contributed by atoms with E-state index in [4.69, 9.17) is 18.9 Å². The van der Waals surface area contributed by atoms with E-state index in [1.54, 1.807) is 37.5 Å². The van der Waals surface area contributed by atoms with E-state index in [1.165, 1.54) is 0 Å². The fourth-order valence-corrected chi connectivity index (χ4v) is 3.63. The molecule has 10 heteroatoms. The van der Waals surface area contributed by atoms with Crippen molar-refractivity contribution >= 4 is 17.6 Å². The molecule has 0 aliphatic carbocycles. The first-order chi connectivity index (χ1) is 16.5. The molecule has 0 unspecified atom stereocenters. The number of hydrogen-bond acceptors (Lipinski definition) is 7. The van der Waals surface area contributed by atoms with Gasteiger partial charge in [-0.15, -0.1) is 0 Å². The van der Waals surface area contributed by atoms with Crippen LogP contribution in [0.25, 0.3) is 0 Å². The molecule has 0 aromatic heterocycles. The van der Waals surface area contributed by atoms with Gasteiger partial charge in [0.25, 0.3) is 0 Å². The zero-order valence-electron chi connectivity index (χ0n) is 18.7. The van der Waals surface area contributed by atoms with Gasteiger partial charge in [0.15, 0.2) is 11.5 Å². The predicted molar refractivity (Wildman–Crippen MR) is 123 cm³/mol. The molecule has 0 fully saturated rings. The number of hydrogen-bond donors (Lipinski definition) is 4. The smallest absolute Gasteiger partial charge is 0.319 e. The van der Waals surface area contributed by atoms with Crippen molar-refractivity contribution in [3.63, 3.8) is 0 Å². The van der Waals surface area contributed by atoms with Gasteiger partial charge in [0, 0.05) is 18.3 Å². The van der Waals surface area contributed by atoms with E-state index in [-0.39, 0.29) is 25.7 Å². The third-order valence-corrected chi connectivity index (χ3v) is 5.43. The summed E-state index contributed by atoms with van der Waals surface area (Å²) in [5.74, 6) is 1.74. The first-order valence-electron chi connectivity index (χ1n) is 10.9. The van der Waals surface area contributed by atoms with E-state index in [2.05, 4.69) is 16.0 Å². The van der Waals surface area contributed by atoms with Crippen LogP contribution in [-0.4, -0.2) is 55.8 Å². The summed E-state index contributed by atoms with van der Waals surface area (Å²) in [5, 5.41) is 18.1. The fourth-order valence-electron chi connectivity index (χ4n) is 3.63. The summed E-state index contributed by atoms with van der Waals surface area (Å²) in [7, 11) is 1.60. The molecule has 2 heterocycles. The Morgan fingerprint density at radius 3 is 2.65 bits per heavy atom. The number of urea groups is 1. The lowest BCUT2D eigenvalue weighted by Gasteiger charge is -2.31. The Hall–Kier alpha value is -3.76. The molecule has 180 valence electrons. The van der Waals surface area contributed by atoms with Gasteiger partial charge in [-0.25, -0.2) is 4.79 Å². The number of nitrogens with one attached hydrogen (secondary N) is 3. The number of amides is 3. The molecule has 4 N–H and O–H groups in total. The molecular formula is C24H27N3O7. The normalized spacial score (nSPS) is 20.5. The standard InChI is InChI=1S/C24H27N3O7/c1-31-17-5-2-15(3-6-17)12-25-23(29)11-18-7-8-19(22(13-28)34-18)27-24(30)26-16-4-9-20-21(10-16)33-14-32-20/h2-10,18-19,22,28H,11-14H2,1H3,(H,25,29)(H2,26,27,30)/t18-,19+,22-/m0/s1. The lowest BCUT2D eigenvalue weighted by atomic mass is 10.0. The third kappa shape index (κ3) is 5.97. The SMILES string of the molecule is COc1ccc(CNC(=O)C[C@@H]2C=C[C@@H](NC(=O)Nc3ccc4c(c3)OCO4)[C@H](CO)O2)cc1. The molecule has 4 rings (SSSR count). The molecule has 3 amide bonds. The zero-order valence-corrected chi connectivity index (χ0v) is 18.7. The summed E-state index contributed by atoms with van der Waals surface area (Å²) in [6.07, 6.45) is 2.34. The molecule has 0 saturated heterocycles. The van der Waals surface area contributed by atoms with Crippen molar-refractivity contribution < 1.29 is 33.6 Å². The van der Waals surface area contributed by atoms with Gasteiger partial charge in [-0.3, -0.25) is 4.79 Å². The second kappa shape index (κ2) is 10.9. The molecule has 2 aliphatic rings. The Bertz CT molecular complexity index is 1040. The third-order valence-electron chi connectivity index (χ3n) is 5.43. The number of aliphatic hydroxyl groups is 1. The molecule has 0 radical (unpaired) electrons. The maximum Gasteiger partial charge on any atom is 0.319 e. The van der Waals surface area contributed by atoms with Crippen LogP contribution < -0.4 is 30.2 Å². The van der Waals surface area contributed by atoms with E-state index in [9.17, 15) is 14.7 Å². The number of ether oxygens (including phenoxy) is 4. The summed E-state index contributed by atoms with van der Waals surface area (Å²) in [6, 6.07) is 11.5. The first-order valence-corrected chi connectivity index (χ1v) is 10.9. The van der Waals surface area contributed by atoms with E-state index in [0.29, 0.717) is 23.7 Å². The van der Waals surface area contributed by atoms with E-state index in [1.807, 2.05) is 24.3 Å². The van der Waals surface area contributed by atoms with Crippen molar-refractivity contribution in [2.24, 2.45) is 0 Å². The minimum Gasteiger partial charge on any atom is -0.497 e. The quantitative estimate of drug-likeness (QED) is 0.435. The summed E-state index contributed by atoms with van der Waals surface area (Å²) < 4.78 is 21.5. The minimum atomic E-state index is -0.688. The monoisotopic (exact) mass is 469 g/mol. The average Bonchev–Trinajstić information content (AvgIpc) is 3.32. The van der Waals surface area contributed by atoms with Crippen LogP contribution in [0, 0.1) is 0 Å². The largest absolute Gasteiger partial charge is 0.497 e. The van der Waals surface area contributed by atoms with Crippen LogP contribution in [0.3, 0.4) is 0 Å². The molecule has 2 aromatic rings. The van der Waals surface area contributed by atoms with Gasteiger partial charge in [-0.2, -0.15) is 0 Å². The first kappa shape index (κ1) is 23.4. The lowest BCUT2D eigenvalue weighted by molar-refractivity contribution is -0.125. The van der Waals surface area contributed by atoms with Crippen LogP contribution in [0.4, 0.5) is 10.5 Å². The molecule has 0 saturated carbocycles. The Labute approximate surface area is 196 Å². The van der Waals surface area contributed by atoms with Crippen molar-refractivity contribution in [3.8, 4) is 17.2 Å². The van der Waals surface area contributed by atoms with Crippen LogP contribution in [0.1, 0.15) is 12.0 Å². The number of rotatable bonds is 8. The van der Waals surface area contributed by atoms with Crippen molar-refractivity contribution in [1.82, 2.24) is 10.6 Å². The van der Waals surface area contributed by atoms with Crippen molar-refractivity contribution in [1.29, 1.82) is 0 Å². The molecule has 0 bridgehead atoms. The van der Waals surface area contributed by atoms with Crippen molar-refractivity contribution in [3.05, 3.63) is 60.2 Å². The average molecular weight is 469 g/mol. The molecule has 34 heavy (non-hydrogen) atoms. The van der Waals surface area contributed by atoms with Gasteiger partial charge >= 0.3 is 6.03 Å². The molecule has 10 nitrogen and oxygen atoms in total. The van der Waals surface area contributed by atoms with Gasteiger partial charge in [0.05, 0.1) is 32.3 Å². The molecule has 2 aromatic carbocycles. The Morgan fingerprint density at radius 2 is 1.88 bits per heavy atom. The second-order valence-corrected chi connectivity index (χ2v) is 7.80. The van der Waals surface area contributed by atoms with Crippen molar-refractivity contribution in [2.75, 3.05) is 25.8 Å². The predicted octanol–water partition coefficient (Wildman–Crippen LogP) is 1.94. The Balaban J connectivity index is 1.25. The maximum atomic E-state index is 12.4. The fraction of sp³-hybridized carbons (Fsp3) is 0.333. The number of benzene rings is 2. The van der Waals surface area contributed by atoms with Crippen molar-refractivity contribution in [2.45, 2.75) is 31.2 Å². The van der Waals surface area contributed by atoms with Crippen LogP contribution in [0.5, 0.6) is 17.2 Å². The van der Waals surface area contributed by atoms with E-state index < -0.39 is 24.3 Å². The topological polar surface area (TPSA) is 127 Å². The van der Waals surface area contributed by atoms with Gasteiger partial charge in [0.2, 0.25) is 12.7 Å². The molecule has 2 aliphatic heterocycles. The van der Waals surface area contributed by atoms with Crippen LogP contribution >= 0.6 is 0 Å². The number of aliphatic hydroxyl groups excluding tert-OH is 1. The highest BCUT2D eigenvalue weighted by atomic mass is 16.7. The van der Waals surface area contributed by atoms with Crippen LogP contribution in [0.2, 0.25) is 0 Å². The highest BCUT2D eigenvalue weighted by Crippen LogP contribution is 2.34. The number of anilines is 1. The number of methoxy groups -OCH3 is 1. The van der Waals surface area contributed by atoms with Gasteiger partial charge < -0.3 is 40.0 Å². The molecule has 3 atom stereocenters. The van der Waals surface area contributed by atoms with Crippen LogP contribution in [-0.2, 0) is 16.1 Å². The summed E-state index contributed by atoms with van der Waals surface area (Å²) in [4.78, 5) is 24.8. The van der Waals surface area contributed by atoms with Crippen LogP contribution in [0.15, 0.2) is 54.6 Å². The van der Waals surface area contributed by atoms with Gasteiger partial charge in [-0.1, -0.05) is 24.3 Å². The Kier molecular flexibility index (Phi) is 7.51. The summed E-state index contributed by atoms with van der Waals surface area (Å²) in [6.45, 7) is 0.213. The maximum absolute atomic E-state index is 12.4. The molecule has 0 spiro atoms. The number of carbonyl (C=O) groups excluding carboxylic acids is 2. The highest BCUT2D eigenvalue weighted by molar-refractivity contribution is 5.90. The highest BCUT2D eigenvalue weighted by Gasteiger charge is 2.29. The van der Waals surface area contributed by atoms with E-state index in [0.717, 1.165) is 11.3 Å². The second-order valence-electron chi connectivity index (χ2n) is 7.80. The zero-order chi connectivity index (χ0) is 23.9. The van der Waals surface area contributed by atoms with E-state index >= 15 is 0 Å². The minimum absolute atomic E-state index is 0.0965. The molecular weight excluding hydrogens is 442 g/mol. The summed E-state index contributed by atoms with van der Waals surface area (Å²) in [5.41, 5.74) is 1.48. The van der Waals surface area contributed by atoms with Gasteiger partial charge in [0.1, 0.15) is 11.9 Å². The number of carbonyl (C=O) groups is 2.